The van der Waals surface area contributed by atoms with E-state index >= 15 is 0 Å². The van der Waals surface area contributed by atoms with Gasteiger partial charge in [-0.1, -0.05) is 6.07 Å². The number of nitrogens with one attached hydrogen (secondary N) is 1. The van der Waals surface area contributed by atoms with Gasteiger partial charge in [0.25, 0.3) is 5.91 Å². The maximum absolute atomic E-state index is 13.1. The van der Waals surface area contributed by atoms with E-state index in [1.165, 1.54) is 29.5 Å². The van der Waals surface area contributed by atoms with E-state index in [0.29, 0.717) is 22.4 Å². The number of amides is 1. The average Bonchev–Trinajstić information content (AvgIpc) is 3.28. The highest BCUT2D eigenvalue weighted by Crippen LogP contribution is 2.36. The van der Waals surface area contributed by atoms with Gasteiger partial charge in [-0.2, -0.15) is 0 Å². The molecule has 0 atom stereocenters. The van der Waals surface area contributed by atoms with Gasteiger partial charge in [-0.15, -0.1) is 11.3 Å². The summed E-state index contributed by atoms with van der Waals surface area (Å²) in [5.74, 6) is 0.869. The molecule has 2 aromatic carbocycles. The molecule has 0 spiro atoms. The Morgan fingerprint density at radius 2 is 2.12 bits per heavy atom. The molecular formula is C18H13FN2O4S. The summed E-state index contributed by atoms with van der Waals surface area (Å²) < 4.78 is 29.0. The second-order valence-corrected chi connectivity index (χ2v) is 6.26. The minimum absolute atomic E-state index is 0.211. The number of rotatable bonds is 5. The first-order valence-electron chi connectivity index (χ1n) is 7.71. The first kappa shape index (κ1) is 16.3. The molecule has 1 aromatic heterocycles. The average molecular weight is 372 g/mol. The van der Waals surface area contributed by atoms with Crippen LogP contribution < -0.4 is 19.5 Å². The molecule has 26 heavy (non-hydrogen) atoms. The zero-order chi connectivity index (χ0) is 17.9. The van der Waals surface area contributed by atoms with E-state index in [4.69, 9.17) is 14.2 Å². The van der Waals surface area contributed by atoms with Crippen molar-refractivity contribution >= 4 is 22.4 Å². The normalized spacial score (nSPS) is 12.0. The molecule has 0 saturated carbocycles. The number of fused-ring (bicyclic) bond motifs is 1. The fourth-order valence-corrected chi connectivity index (χ4v) is 3.12. The number of anilines is 1. The van der Waals surface area contributed by atoms with E-state index in [1.54, 1.807) is 6.07 Å². The van der Waals surface area contributed by atoms with Gasteiger partial charge in [-0.05, 0) is 30.3 Å². The van der Waals surface area contributed by atoms with Crippen molar-refractivity contribution in [2.45, 2.75) is 0 Å². The maximum Gasteiger partial charge on any atom is 0.264 e. The summed E-state index contributed by atoms with van der Waals surface area (Å²) >= 11 is 1.30. The Morgan fingerprint density at radius 1 is 1.23 bits per heavy atom. The van der Waals surface area contributed by atoms with Gasteiger partial charge in [-0.3, -0.25) is 10.1 Å². The molecule has 3 aromatic rings. The molecule has 0 saturated heterocycles. The van der Waals surface area contributed by atoms with Gasteiger partial charge in [0.05, 0.1) is 5.69 Å². The topological polar surface area (TPSA) is 69.7 Å². The highest BCUT2D eigenvalue weighted by Gasteiger charge is 2.15. The van der Waals surface area contributed by atoms with Crippen molar-refractivity contribution in [3.8, 4) is 28.5 Å². The van der Waals surface area contributed by atoms with Crippen molar-refractivity contribution in [1.82, 2.24) is 4.98 Å². The largest absolute Gasteiger partial charge is 0.484 e. The van der Waals surface area contributed by atoms with Crippen molar-refractivity contribution in [3.63, 3.8) is 0 Å². The monoisotopic (exact) mass is 372 g/mol. The van der Waals surface area contributed by atoms with Gasteiger partial charge < -0.3 is 14.2 Å². The summed E-state index contributed by atoms with van der Waals surface area (Å²) in [6.07, 6.45) is 0. The van der Waals surface area contributed by atoms with Gasteiger partial charge in [0.2, 0.25) is 6.79 Å². The second kappa shape index (κ2) is 7.01. The number of hydrogen-bond donors (Lipinski definition) is 1. The van der Waals surface area contributed by atoms with Crippen molar-refractivity contribution in [2.75, 3.05) is 18.7 Å². The highest BCUT2D eigenvalue weighted by molar-refractivity contribution is 7.14. The fraction of sp³-hybridized carbons (Fsp3) is 0.111. The Balaban J connectivity index is 1.38. The van der Waals surface area contributed by atoms with E-state index < -0.39 is 5.82 Å². The zero-order valence-electron chi connectivity index (χ0n) is 13.4. The van der Waals surface area contributed by atoms with E-state index in [1.807, 2.05) is 23.6 Å². The lowest BCUT2D eigenvalue weighted by molar-refractivity contribution is -0.118. The van der Waals surface area contributed by atoms with Gasteiger partial charge in [-0.25, -0.2) is 9.37 Å². The van der Waals surface area contributed by atoms with Crippen LogP contribution in [0.25, 0.3) is 11.3 Å². The highest BCUT2D eigenvalue weighted by atomic mass is 32.1. The number of thiazole rings is 1. The molecule has 132 valence electrons. The van der Waals surface area contributed by atoms with Crippen LogP contribution in [0.4, 0.5) is 9.52 Å². The van der Waals surface area contributed by atoms with E-state index in [-0.39, 0.29) is 19.3 Å². The lowest BCUT2D eigenvalue weighted by Gasteiger charge is -2.05. The summed E-state index contributed by atoms with van der Waals surface area (Å²) in [4.78, 5) is 16.4. The van der Waals surface area contributed by atoms with E-state index in [2.05, 4.69) is 10.3 Å². The summed E-state index contributed by atoms with van der Waals surface area (Å²) in [5, 5.41) is 4.95. The van der Waals surface area contributed by atoms with Gasteiger partial charge in [0.15, 0.2) is 23.2 Å². The Labute approximate surface area is 152 Å². The predicted molar refractivity (Wildman–Crippen MR) is 94.2 cm³/mol. The van der Waals surface area contributed by atoms with Crippen molar-refractivity contribution in [3.05, 3.63) is 53.7 Å². The third-order valence-electron chi connectivity index (χ3n) is 3.58. The van der Waals surface area contributed by atoms with E-state index in [0.717, 1.165) is 11.3 Å². The first-order chi connectivity index (χ1) is 12.7. The molecule has 1 N–H and O–H groups in total. The van der Waals surface area contributed by atoms with Crippen LogP contribution in [0, 0.1) is 5.82 Å². The Kier molecular flexibility index (Phi) is 4.40. The summed E-state index contributed by atoms with van der Waals surface area (Å²) in [6, 6.07) is 11.2. The zero-order valence-corrected chi connectivity index (χ0v) is 14.2. The third-order valence-corrected chi connectivity index (χ3v) is 4.34. The Hall–Kier alpha value is -3.13. The molecule has 0 aliphatic carbocycles. The molecule has 1 amide bonds. The number of ether oxygens (including phenoxy) is 3. The fourth-order valence-electron chi connectivity index (χ4n) is 2.38. The number of nitrogens with zero attached hydrogens (tertiary/aromatic N) is 1. The number of carbonyl (C=O) groups excluding carboxylic acids is 1. The van der Waals surface area contributed by atoms with Crippen LogP contribution in [0.3, 0.4) is 0 Å². The summed E-state index contributed by atoms with van der Waals surface area (Å²) in [5.41, 5.74) is 1.58. The molecule has 0 bridgehead atoms. The molecule has 0 fully saturated rings. The van der Waals surface area contributed by atoms with Crippen molar-refractivity contribution < 1.29 is 23.4 Å². The third kappa shape index (κ3) is 3.60. The molecule has 0 unspecified atom stereocenters. The van der Waals surface area contributed by atoms with Gasteiger partial charge >= 0.3 is 0 Å². The molecule has 8 heteroatoms. The van der Waals surface area contributed by atoms with Gasteiger partial charge in [0.1, 0.15) is 11.6 Å². The molecule has 2 heterocycles. The lowest BCUT2D eigenvalue weighted by atomic mass is 10.1. The molecule has 1 aliphatic rings. The van der Waals surface area contributed by atoms with Crippen molar-refractivity contribution in [1.29, 1.82) is 0 Å². The standard InChI is InChI=1S/C18H13FN2O4S/c19-12-2-1-3-13(7-12)23-8-17(22)21-18-20-14(9-26-18)11-4-5-15-16(6-11)25-10-24-15/h1-7,9H,8,10H2,(H,20,21,22). The number of benzene rings is 2. The number of aromatic nitrogens is 1. The lowest BCUT2D eigenvalue weighted by Crippen LogP contribution is -2.20. The number of halogens is 1. The number of hydrogen-bond acceptors (Lipinski definition) is 6. The quantitative estimate of drug-likeness (QED) is 0.740. The molecule has 0 radical (unpaired) electrons. The van der Waals surface area contributed by atoms with Crippen LogP contribution in [0.15, 0.2) is 47.8 Å². The van der Waals surface area contributed by atoms with Crippen LogP contribution in [0.5, 0.6) is 17.2 Å². The molecule has 1 aliphatic heterocycles. The summed E-state index contributed by atoms with van der Waals surface area (Å²) in [7, 11) is 0. The van der Waals surface area contributed by atoms with Crippen LogP contribution in [-0.2, 0) is 4.79 Å². The Morgan fingerprint density at radius 3 is 3.00 bits per heavy atom. The number of carbonyl (C=O) groups is 1. The first-order valence-corrected chi connectivity index (χ1v) is 8.59. The predicted octanol–water partition coefficient (Wildman–Crippen LogP) is 3.70. The summed E-state index contributed by atoms with van der Waals surface area (Å²) in [6.45, 7) is -0.0230. The smallest absolute Gasteiger partial charge is 0.264 e. The minimum atomic E-state index is -0.420. The van der Waals surface area contributed by atoms with Crippen molar-refractivity contribution in [2.24, 2.45) is 0 Å². The molecule has 4 rings (SSSR count). The van der Waals surface area contributed by atoms with Gasteiger partial charge in [0, 0.05) is 17.0 Å². The van der Waals surface area contributed by atoms with Crippen LogP contribution in [0.2, 0.25) is 0 Å². The second-order valence-electron chi connectivity index (χ2n) is 5.40. The SMILES string of the molecule is O=C(COc1cccc(F)c1)Nc1nc(-c2ccc3c(c2)OCO3)cs1. The maximum atomic E-state index is 13.1. The molecular weight excluding hydrogens is 359 g/mol. The Bertz CT molecular complexity index is 960. The molecule has 6 nitrogen and oxygen atoms in total. The van der Waals surface area contributed by atoms with E-state index in [9.17, 15) is 9.18 Å². The van der Waals surface area contributed by atoms with Crippen LogP contribution in [0.1, 0.15) is 0 Å². The minimum Gasteiger partial charge on any atom is -0.484 e. The van der Waals surface area contributed by atoms with Crippen LogP contribution >= 0.6 is 11.3 Å². The van der Waals surface area contributed by atoms with Crippen LogP contribution in [-0.4, -0.2) is 24.3 Å².